The standard InChI is InChI=1S/C15H17F3O/c16-15(17,18)13-7-4-5-11(10-13)9-12-6-2-1-3-8-14(12)19/h4-5,7,10,12H,1-3,6,8-9H2. The van der Waals surface area contributed by atoms with Gasteiger partial charge in [0.2, 0.25) is 0 Å². The van der Waals surface area contributed by atoms with Crippen molar-refractivity contribution in [1.29, 1.82) is 0 Å². The number of hydrogen-bond acceptors (Lipinski definition) is 1. The highest BCUT2D eigenvalue weighted by molar-refractivity contribution is 5.81. The number of rotatable bonds is 2. The van der Waals surface area contributed by atoms with Crippen LogP contribution < -0.4 is 0 Å². The van der Waals surface area contributed by atoms with Gasteiger partial charge in [0.1, 0.15) is 5.78 Å². The van der Waals surface area contributed by atoms with Crippen LogP contribution in [0.4, 0.5) is 13.2 Å². The van der Waals surface area contributed by atoms with E-state index >= 15 is 0 Å². The van der Waals surface area contributed by atoms with Crippen molar-refractivity contribution < 1.29 is 18.0 Å². The van der Waals surface area contributed by atoms with Crippen molar-refractivity contribution in [3.8, 4) is 0 Å². The van der Waals surface area contributed by atoms with Crippen molar-refractivity contribution in [2.75, 3.05) is 0 Å². The van der Waals surface area contributed by atoms with E-state index in [-0.39, 0.29) is 11.7 Å². The first-order chi connectivity index (χ1) is 8.97. The molecular formula is C15H17F3O. The van der Waals surface area contributed by atoms with E-state index in [4.69, 9.17) is 0 Å². The molecular weight excluding hydrogens is 253 g/mol. The number of ketones is 1. The minimum absolute atomic E-state index is 0.106. The molecule has 0 spiro atoms. The van der Waals surface area contributed by atoms with Gasteiger partial charge >= 0.3 is 6.18 Å². The molecule has 0 aromatic heterocycles. The van der Waals surface area contributed by atoms with Gasteiger partial charge < -0.3 is 0 Å². The molecule has 1 aliphatic carbocycles. The maximum Gasteiger partial charge on any atom is 0.416 e. The third kappa shape index (κ3) is 3.82. The molecule has 0 bridgehead atoms. The van der Waals surface area contributed by atoms with Gasteiger partial charge in [0.05, 0.1) is 5.56 Å². The Balaban J connectivity index is 2.12. The van der Waals surface area contributed by atoms with Crippen molar-refractivity contribution in [1.82, 2.24) is 0 Å². The van der Waals surface area contributed by atoms with Gasteiger partial charge in [0, 0.05) is 12.3 Å². The molecule has 0 radical (unpaired) electrons. The first-order valence-electron chi connectivity index (χ1n) is 6.65. The largest absolute Gasteiger partial charge is 0.416 e. The molecule has 1 aromatic carbocycles. The number of halogens is 3. The van der Waals surface area contributed by atoms with Crippen LogP contribution in [0.3, 0.4) is 0 Å². The second-order valence-electron chi connectivity index (χ2n) is 5.16. The zero-order valence-electron chi connectivity index (χ0n) is 10.7. The summed E-state index contributed by atoms with van der Waals surface area (Å²) in [5, 5.41) is 0. The zero-order chi connectivity index (χ0) is 13.9. The molecule has 0 amide bonds. The molecule has 4 heteroatoms. The Bertz CT molecular complexity index is 451. The minimum atomic E-state index is -4.32. The van der Waals surface area contributed by atoms with Gasteiger partial charge in [-0.3, -0.25) is 4.79 Å². The lowest BCUT2D eigenvalue weighted by molar-refractivity contribution is -0.137. The van der Waals surface area contributed by atoms with Crippen LogP contribution in [0, 0.1) is 5.92 Å². The summed E-state index contributed by atoms with van der Waals surface area (Å²) in [5.41, 5.74) is -0.0267. The predicted octanol–water partition coefficient (Wildman–Crippen LogP) is 4.40. The van der Waals surface area contributed by atoms with E-state index in [0.717, 1.165) is 37.8 Å². The molecule has 1 atom stereocenters. The fourth-order valence-corrected chi connectivity index (χ4v) is 2.61. The maximum atomic E-state index is 12.6. The van der Waals surface area contributed by atoms with Crippen LogP contribution in [0.1, 0.15) is 43.2 Å². The van der Waals surface area contributed by atoms with Crippen LogP contribution in [0.5, 0.6) is 0 Å². The van der Waals surface area contributed by atoms with Gasteiger partial charge in [-0.05, 0) is 30.9 Å². The molecule has 1 saturated carbocycles. The fourth-order valence-electron chi connectivity index (χ4n) is 2.61. The third-order valence-corrected chi connectivity index (χ3v) is 3.67. The summed E-state index contributed by atoms with van der Waals surface area (Å²) in [6.07, 6.45) is 0.447. The summed E-state index contributed by atoms with van der Waals surface area (Å²) in [6, 6.07) is 5.32. The SMILES string of the molecule is O=C1CCCCCC1Cc1cccc(C(F)(F)F)c1. The van der Waals surface area contributed by atoms with Crippen molar-refractivity contribution in [2.24, 2.45) is 5.92 Å². The molecule has 1 aliphatic rings. The Kier molecular flexibility index (Phi) is 4.27. The lowest BCUT2D eigenvalue weighted by Crippen LogP contribution is -2.15. The van der Waals surface area contributed by atoms with Gasteiger partial charge in [0.25, 0.3) is 0 Å². The summed E-state index contributed by atoms with van der Waals surface area (Å²) in [7, 11) is 0. The number of carbonyl (C=O) groups is 1. The highest BCUT2D eigenvalue weighted by Crippen LogP contribution is 2.31. The van der Waals surface area contributed by atoms with E-state index in [0.29, 0.717) is 18.4 Å². The Hall–Kier alpha value is -1.32. The molecule has 0 N–H and O–H groups in total. The number of alkyl halides is 3. The van der Waals surface area contributed by atoms with Gasteiger partial charge in [-0.2, -0.15) is 13.2 Å². The van der Waals surface area contributed by atoms with Crippen molar-refractivity contribution in [3.63, 3.8) is 0 Å². The van der Waals surface area contributed by atoms with E-state index in [1.807, 2.05) is 0 Å². The molecule has 104 valence electrons. The second-order valence-corrected chi connectivity index (χ2v) is 5.16. The van der Waals surface area contributed by atoms with Crippen LogP contribution in [0.15, 0.2) is 24.3 Å². The van der Waals surface area contributed by atoms with Crippen LogP contribution >= 0.6 is 0 Å². The number of carbonyl (C=O) groups excluding carboxylic acids is 1. The average molecular weight is 270 g/mol. The summed E-state index contributed by atoms with van der Waals surface area (Å²) < 4.78 is 37.9. The summed E-state index contributed by atoms with van der Waals surface area (Å²) >= 11 is 0. The molecule has 19 heavy (non-hydrogen) atoms. The van der Waals surface area contributed by atoms with Crippen LogP contribution in [-0.2, 0) is 17.4 Å². The first-order valence-corrected chi connectivity index (χ1v) is 6.65. The summed E-state index contributed by atoms with van der Waals surface area (Å²) in [5.74, 6) is 0.0981. The number of hydrogen-bond donors (Lipinski definition) is 0. The Morgan fingerprint density at radius 3 is 2.68 bits per heavy atom. The number of Topliss-reactive ketones (excluding diaryl/α,β-unsaturated/α-hetero) is 1. The maximum absolute atomic E-state index is 12.6. The molecule has 1 nitrogen and oxygen atoms in total. The van der Waals surface area contributed by atoms with E-state index in [2.05, 4.69) is 0 Å². The van der Waals surface area contributed by atoms with Gasteiger partial charge in [-0.1, -0.05) is 31.0 Å². The Labute approximate surface area is 110 Å². The lowest BCUT2D eigenvalue weighted by Gasteiger charge is -2.14. The average Bonchev–Trinajstić information content (AvgIpc) is 2.54. The Morgan fingerprint density at radius 2 is 1.95 bits per heavy atom. The lowest BCUT2D eigenvalue weighted by atomic mass is 9.91. The van der Waals surface area contributed by atoms with Crippen LogP contribution in [-0.4, -0.2) is 5.78 Å². The van der Waals surface area contributed by atoms with E-state index < -0.39 is 11.7 Å². The van der Waals surface area contributed by atoms with E-state index in [1.165, 1.54) is 6.07 Å². The highest BCUT2D eigenvalue weighted by atomic mass is 19.4. The minimum Gasteiger partial charge on any atom is -0.299 e. The predicted molar refractivity (Wildman–Crippen MR) is 66.7 cm³/mol. The van der Waals surface area contributed by atoms with Crippen molar-refractivity contribution in [3.05, 3.63) is 35.4 Å². The molecule has 0 aliphatic heterocycles. The van der Waals surface area contributed by atoms with Crippen LogP contribution in [0.25, 0.3) is 0 Å². The quantitative estimate of drug-likeness (QED) is 0.728. The van der Waals surface area contributed by atoms with Crippen LogP contribution in [0.2, 0.25) is 0 Å². The molecule has 1 unspecified atom stereocenters. The molecule has 1 fully saturated rings. The second kappa shape index (κ2) is 5.76. The smallest absolute Gasteiger partial charge is 0.299 e. The first kappa shape index (κ1) is 14.1. The normalized spacial score (nSPS) is 21.2. The van der Waals surface area contributed by atoms with Crippen molar-refractivity contribution >= 4 is 5.78 Å². The summed E-state index contributed by atoms with van der Waals surface area (Å²) in [6.45, 7) is 0. The third-order valence-electron chi connectivity index (χ3n) is 3.67. The van der Waals surface area contributed by atoms with Crippen molar-refractivity contribution in [2.45, 2.75) is 44.7 Å². The zero-order valence-corrected chi connectivity index (χ0v) is 10.7. The molecule has 1 aromatic rings. The number of benzene rings is 1. The fraction of sp³-hybridized carbons (Fsp3) is 0.533. The Morgan fingerprint density at radius 1 is 1.16 bits per heavy atom. The van der Waals surface area contributed by atoms with E-state index in [9.17, 15) is 18.0 Å². The van der Waals surface area contributed by atoms with E-state index in [1.54, 1.807) is 6.07 Å². The van der Waals surface area contributed by atoms with Gasteiger partial charge in [0.15, 0.2) is 0 Å². The van der Waals surface area contributed by atoms with Gasteiger partial charge in [-0.25, -0.2) is 0 Å². The molecule has 0 heterocycles. The monoisotopic (exact) mass is 270 g/mol. The topological polar surface area (TPSA) is 17.1 Å². The highest BCUT2D eigenvalue weighted by Gasteiger charge is 2.30. The van der Waals surface area contributed by atoms with Gasteiger partial charge in [-0.15, -0.1) is 0 Å². The molecule has 0 saturated heterocycles. The summed E-state index contributed by atoms with van der Waals surface area (Å²) in [4.78, 5) is 11.9. The molecule has 2 rings (SSSR count).